The molecule has 0 heterocycles. The molecule has 4 unspecified atom stereocenters. The number of carbonyl (C=O) groups is 2. The van der Waals surface area contributed by atoms with Crippen molar-refractivity contribution >= 4 is 11.8 Å². The summed E-state index contributed by atoms with van der Waals surface area (Å²) in [5, 5.41) is 11.3. The van der Waals surface area contributed by atoms with Gasteiger partial charge in [-0.25, -0.2) is 4.39 Å². The van der Waals surface area contributed by atoms with Gasteiger partial charge in [0.15, 0.2) is 5.78 Å². The summed E-state index contributed by atoms with van der Waals surface area (Å²) in [6.45, 7) is 8.07. The summed E-state index contributed by atoms with van der Waals surface area (Å²) >= 11 is 0. The Balaban J connectivity index is 1.81. The first kappa shape index (κ1) is 19.8. The number of rotatable bonds is 1. The van der Waals surface area contributed by atoms with Gasteiger partial charge in [0.1, 0.15) is 6.17 Å². The number of carbonyl (C=O) groups excluding carboxylic acids is 2. The molecule has 0 amide bonds. The van der Waals surface area contributed by atoms with E-state index in [1.54, 1.807) is 6.08 Å². The first-order valence-electron chi connectivity index (χ1n) is 10.4. The number of fused-ring (bicyclic) bond motifs is 5. The predicted molar refractivity (Wildman–Crippen MR) is 103 cm³/mol. The molecule has 0 spiro atoms. The van der Waals surface area contributed by atoms with Crippen molar-refractivity contribution in [2.24, 2.45) is 39.9 Å². The Morgan fingerprint density at radius 2 is 1.96 bits per heavy atom. The largest absolute Gasteiger partial charge is 0.469 e. The van der Waals surface area contributed by atoms with Gasteiger partial charge >= 0.3 is 5.97 Å². The molecule has 0 saturated heterocycles. The number of methoxy groups -OCH3 is 1. The molecular weight excluding hydrogens is 359 g/mol. The number of hydrogen-bond acceptors (Lipinski definition) is 4. The zero-order valence-corrected chi connectivity index (χ0v) is 17.4. The van der Waals surface area contributed by atoms with Gasteiger partial charge in [-0.1, -0.05) is 26.8 Å². The highest BCUT2D eigenvalue weighted by Crippen LogP contribution is 2.71. The van der Waals surface area contributed by atoms with Gasteiger partial charge in [-0.15, -0.1) is 0 Å². The van der Waals surface area contributed by atoms with E-state index in [-0.39, 0.29) is 35.4 Å². The van der Waals surface area contributed by atoms with Crippen LogP contribution in [0.3, 0.4) is 0 Å². The second kappa shape index (κ2) is 6.01. The number of ketones is 1. The van der Waals surface area contributed by atoms with Gasteiger partial charge in [-0.2, -0.15) is 0 Å². The molecular formula is C23H31FO4. The van der Waals surface area contributed by atoms with E-state index in [0.29, 0.717) is 18.4 Å². The minimum atomic E-state index is -1.20. The quantitative estimate of drug-likeness (QED) is 0.695. The predicted octanol–water partition coefficient (Wildman–Crippen LogP) is 3.64. The molecule has 0 aromatic rings. The Morgan fingerprint density at radius 1 is 1.29 bits per heavy atom. The third-order valence-corrected chi connectivity index (χ3v) is 9.26. The normalized spacial score (nSPS) is 52.4. The molecule has 154 valence electrons. The molecule has 4 aliphatic rings. The fourth-order valence-electron chi connectivity index (χ4n) is 7.54. The molecule has 0 aromatic heterocycles. The number of aliphatic hydroxyl groups excluding tert-OH is 1. The number of ether oxygens (including phenoxy) is 1. The summed E-state index contributed by atoms with van der Waals surface area (Å²) in [6.07, 6.45) is 4.48. The van der Waals surface area contributed by atoms with Crippen molar-refractivity contribution in [2.45, 2.75) is 59.2 Å². The molecule has 4 nitrogen and oxygen atoms in total. The van der Waals surface area contributed by atoms with E-state index in [9.17, 15) is 14.7 Å². The average Bonchev–Trinajstić information content (AvgIpc) is 2.83. The van der Waals surface area contributed by atoms with Crippen LogP contribution in [0, 0.1) is 39.9 Å². The summed E-state index contributed by atoms with van der Waals surface area (Å²) in [5.74, 6) is -0.400. The number of halogens is 1. The van der Waals surface area contributed by atoms with Gasteiger partial charge < -0.3 is 9.84 Å². The lowest BCUT2D eigenvalue weighted by Crippen LogP contribution is -2.60. The van der Waals surface area contributed by atoms with Crippen molar-refractivity contribution in [1.82, 2.24) is 0 Å². The lowest BCUT2D eigenvalue weighted by Gasteiger charge is -2.60. The van der Waals surface area contributed by atoms with E-state index in [1.807, 2.05) is 13.8 Å². The van der Waals surface area contributed by atoms with Crippen LogP contribution in [0.15, 0.2) is 23.8 Å². The van der Waals surface area contributed by atoms with Crippen LogP contribution in [0.5, 0.6) is 0 Å². The Kier molecular flexibility index (Phi) is 4.25. The first-order chi connectivity index (χ1) is 13.0. The van der Waals surface area contributed by atoms with Crippen molar-refractivity contribution in [2.75, 3.05) is 7.11 Å². The van der Waals surface area contributed by atoms with E-state index in [0.717, 1.165) is 6.42 Å². The molecule has 5 heteroatoms. The van der Waals surface area contributed by atoms with E-state index < -0.39 is 28.5 Å². The summed E-state index contributed by atoms with van der Waals surface area (Å²) in [4.78, 5) is 24.7. The molecule has 4 rings (SSSR count). The van der Waals surface area contributed by atoms with Crippen molar-refractivity contribution in [1.29, 1.82) is 0 Å². The molecule has 4 aliphatic carbocycles. The fourth-order valence-corrected chi connectivity index (χ4v) is 7.54. The third-order valence-electron chi connectivity index (χ3n) is 9.26. The van der Waals surface area contributed by atoms with Crippen LogP contribution in [0.2, 0.25) is 0 Å². The monoisotopic (exact) mass is 390 g/mol. The lowest BCUT2D eigenvalue weighted by molar-refractivity contribution is -0.177. The first-order valence-corrected chi connectivity index (χ1v) is 10.4. The van der Waals surface area contributed by atoms with Crippen LogP contribution in [0.4, 0.5) is 4.39 Å². The van der Waals surface area contributed by atoms with Crippen molar-refractivity contribution in [3.63, 3.8) is 0 Å². The summed E-state index contributed by atoms with van der Waals surface area (Å²) in [5.41, 5.74) is -1.32. The van der Waals surface area contributed by atoms with Gasteiger partial charge in [0.25, 0.3) is 0 Å². The van der Waals surface area contributed by atoms with Crippen LogP contribution in [-0.4, -0.2) is 36.2 Å². The molecule has 3 saturated carbocycles. The minimum absolute atomic E-state index is 0.0438. The second-order valence-corrected chi connectivity index (χ2v) is 10.1. The number of hydrogen-bond donors (Lipinski definition) is 1. The maximum atomic E-state index is 15.3. The van der Waals surface area contributed by atoms with Gasteiger partial charge in [0.05, 0.1) is 18.6 Å². The zero-order chi connectivity index (χ0) is 20.6. The van der Waals surface area contributed by atoms with Crippen LogP contribution in [-0.2, 0) is 14.3 Å². The molecule has 0 aromatic carbocycles. The molecule has 3 fully saturated rings. The van der Waals surface area contributed by atoms with Crippen molar-refractivity contribution in [3.05, 3.63) is 23.8 Å². The summed E-state index contributed by atoms with van der Waals surface area (Å²) < 4.78 is 20.5. The average molecular weight is 390 g/mol. The number of aliphatic hydroxyl groups is 1. The Hall–Kier alpha value is -1.49. The van der Waals surface area contributed by atoms with E-state index in [1.165, 1.54) is 19.3 Å². The molecule has 9 atom stereocenters. The maximum absolute atomic E-state index is 15.3. The Bertz CT molecular complexity index is 787. The highest BCUT2D eigenvalue weighted by molar-refractivity contribution is 6.01. The van der Waals surface area contributed by atoms with E-state index in [2.05, 4.69) is 13.8 Å². The molecule has 0 radical (unpaired) electrons. The van der Waals surface area contributed by atoms with E-state index in [4.69, 9.17) is 4.74 Å². The zero-order valence-electron chi connectivity index (χ0n) is 17.4. The van der Waals surface area contributed by atoms with Crippen LogP contribution in [0.25, 0.3) is 0 Å². The smallest absolute Gasteiger partial charge is 0.312 e. The topological polar surface area (TPSA) is 63.6 Å². The number of alkyl halides is 1. The fraction of sp³-hybridized carbons (Fsp3) is 0.739. The minimum Gasteiger partial charge on any atom is -0.469 e. The van der Waals surface area contributed by atoms with Crippen LogP contribution in [0.1, 0.15) is 47.0 Å². The van der Waals surface area contributed by atoms with Crippen molar-refractivity contribution in [3.8, 4) is 0 Å². The standard InChI is InChI=1S/C23H31FO4/c1-12-8-15-14-10-17(24)16-9-13(25)6-7-21(16,2)19(14)18(26)11-22(15,3)23(12,4)20(27)28-5/h6-7,9,12,14-15,17-19,26H,8,10-11H2,1-5H3/t12-,14?,15?,17+,18?,19?,21+,22+,23-/m1/s1. The molecule has 28 heavy (non-hydrogen) atoms. The number of allylic oxidation sites excluding steroid dienone is 4. The lowest BCUT2D eigenvalue weighted by atomic mass is 9.45. The summed E-state index contributed by atoms with van der Waals surface area (Å²) in [7, 11) is 1.42. The summed E-state index contributed by atoms with van der Waals surface area (Å²) in [6, 6.07) is 0. The van der Waals surface area contributed by atoms with Gasteiger partial charge in [-0.05, 0) is 67.1 Å². The Morgan fingerprint density at radius 3 is 2.61 bits per heavy atom. The second-order valence-electron chi connectivity index (χ2n) is 10.1. The highest BCUT2D eigenvalue weighted by Gasteiger charge is 2.70. The van der Waals surface area contributed by atoms with E-state index >= 15 is 4.39 Å². The van der Waals surface area contributed by atoms with Crippen molar-refractivity contribution < 1.29 is 23.8 Å². The van der Waals surface area contributed by atoms with Gasteiger partial charge in [0.2, 0.25) is 0 Å². The number of esters is 1. The van der Waals surface area contributed by atoms with Crippen LogP contribution < -0.4 is 0 Å². The van der Waals surface area contributed by atoms with Gasteiger partial charge in [0, 0.05) is 11.3 Å². The molecule has 1 N–H and O–H groups in total. The highest BCUT2D eigenvalue weighted by atomic mass is 19.1. The maximum Gasteiger partial charge on any atom is 0.312 e. The Labute approximate surface area is 166 Å². The third kappa shape index (κ3) is 2.20. The van der Waals surface area contributed by atoms with Gasteiger partial charge in [-0.3, -0.25) is 9.59 Å². The SMILES string of the molecule is COC(=O)[C@@]1(C)[C@H](C)CC2C3C[C@H](F)C4=CC(=O)C=C[C@]4(C)C3C(O)C[C@@]21C. The van der Waals surface area contributed by atoms with Crippen LogP contribution >= 0.6 is 0 Å². The molecule has 0 aliphatic heterocycles. The molecule has 0 bridgehead atoms.